The first-order valence-electron chi connectivity index (χ1n) is 15.5. The first-order chi connectivity index (χ1) is 21.8. The number of aromatic nitrogens is 3. The molecule has 2 aromatic heterocycles. The Bertz CT molecular complexity index is 1910. The number of aromatic hydroxyl groups is 1. The molecular weight excluding hydrogens is 583 g/mol. The number of hydrogen-bond acceptors (Lipinski definition) is 8. The van der Waals surface area contributed by atoms with Gasteiger partial charge in [-0.15, -0.1) is 6.42 Å². The first-order valence-corrected chi connectivity index (χ1v) is 15.5. The van der Waals surface area contributed by atoms with Crippen molar-refractivity contribution in [1.29, 1.82) is 0 Å². The van der Waals surface area contributed by atoms with E-state index in [0.29, 0.717) is 36.1 Å². The summed E-state index contributed by atoms with van der Waals surface area (Å²) in [5, 5.41) is 11.6. The van der Waals surface area contributed by atoms with Crippen LogP contribution in [0.5, 0.6) is 17.6 Å². The molecule has 0 amide bonds. The fourth-order valence-corrected chi connectivity index (χ4v) is 8.00. The monoisotopic (exact) mass is 615 g/mol. The highest BCUT2D eigenvalue weighted by atomic mass is 19.1. The summed E-state index contributed by atoms with van der Waals surface area (Å²) in [6.45, 7) is 4.01. The molecule has 0 saturated carbocycles. The Hall–Kier alpha value is -4.30. The first kappa shape index (κ1) is 28.2. The third kappa shape index (κ3) is 4.36. The van der Waals surface area contributed by atoms with Crippen molar-refractivity contribution in [2.24, 2.45) is 0 Å². The van der Waals surface area contributed by atoms with Gasteiger partial charge in [-0.05, 0) is 69.2 Å². The summed E-state index contributed by atoms with van der Waals surface area (Å²) < 4.78 is 59.0. The second-order valence-electron chi connectivity index (χ2n) is 12.7. The second kappa shape index (κ2) is 10.4. The molecule has 45 heavy (non-hydrogen) atoms. The summed E-state index contributed by atoms with van der Waals surface area (Å²) in [5.41, 5.74) is -0.676. The Labute approximate surface area is 258 Å². The van der Waals surface area contributed by atoms with E-state index >= 15 is 4.39 Å². The topological polar surface area (TPSA) is 83.8 Å². The van der Waals surface area contributed by atoms with Crippen LogP contribution in [0.2, 0.25) is 0 Å². The van der Waals surface area contributed by atoms with Crippen LogP contribution in [0.3, 0.4) is 0 Å². The van der Waals surface area contributed by atoms with E-state index in [0.717, 1.165) is 38.6 Å². The van der Waals surface area contributed by atoms with Crippen molar-refractivity contribution in [3.63, 3.8) is 0 Å². The lowest BCUT2D eigenvalue weighted by Gasteiger charge is -2.38. The third-order valence-corrected chi connectivity index (χ3v) is 10.1. The SMILES string of the molecule is C#Cc1c(F)ccc2cc(O)cc(-c3nc4c5c(nc(OC[C@@]67CCCN6C[C@H](F)C7)nc5c3F)N3CCCC[C@H]3[C@H](C)O4)c12. The molecule has 0 bridgehead atoms. The number of fused-ring (bicyclic) bond motifs is 4. The molecule has 3 saturated heterocycles. The number of pyridine rings is 1. The van der Waals surface area contributed by atoms with Crippen LogP contribution < -0.4 is 14.4 Å². The molecule has 8 rings (SSSR count). The van der Waals surface area contributed by atoms with Crippen molar-refractivity contribution in [3.8, 4) is 41.2 Å². The van der Waals surface area contributed by atoms with E-state index in [4.69, 9.17) is 20.9 Å². The summed E-state index contributed by atoms with van der Waals surface area (Å²) in [5.74, 6) is 1.36. The van der Waals surface area contributed by atoms with Gasteiger partial charge < -0.3 is 19.5 Å². The van der Waals surface area contributed by atoms with Gasteiger partial charge in [-0.2, -0.15) is 9.97 Å². The zero-order valence-electron chi connectivity index (χ0n) is 24.8. The van der Waals surface area contributed by atoms with E-state index in [9.17, 15) is 13.9 Å². The van der Waals surface area contributed by atoms with Crippen LogP contribution in [-0.2, 0) is 0 Å². The second-order valence-corrected chi connectivity index (χ2v) is 12.7. The molecule has 232 valence electrons. The molecule has 4 aliphatic rings. The van der Waals surface area contributed by atoms with Crippen molar-refractivity contribution >= 4 is 27.5 Å². The predicted molar refractivity (Wildman–Crippen MR) is 163 cm³/mol. The van der Waals surface area contributed by atoms with E-state index in [1.54, 1.807) is 0 Å². The van der Waals surface area contributed by atoms with Gasteiger partial charge in [-0.25, -0.2) is 18.2 Å². The number of anilines is 1. The molecule has 2 aromatic carbocycles. The van der Waals surface area contributed by atoms with Crippen LogP contribution in [0.4, 0.5) is 19.0 Å². The maximum Gasteiger partial charge on any atom is 0.319 e. The molecule has 3 fully saturated rings. The largest absolute Gasteiger partial charge is 0.508 e. The number of hydrogen-bond donors (Lipinski definition) is 1. The van der Waals surface area contributed by atoms with Gasteiger partial charge in [0.1, 0.15) is 52.9 Å². The Kier molecular flexibility index (Phi) is 6.50. The zero-order chi connectivity index (χ0) is 31.0. The summed E-state index contributed by atoms with van der Waals surface area (Å²) in [4.78, 5) is 18.3. The predicted octanol–water partition coefficient (Wildman–Crippen LogP) is 5.91. The maximum atomic E-state index is 16.9. The minimum absolute atomic E-state index is 0.0157. The van der Waals surface area contributed by atoms with Gasteiger partial charge in [0, 0.05) is 30.5 Å². The maximum absolute atomic E-state index is 16.9. The molecular formula is C34H32F3N5O3. The molecule has 11 heteroatoms. The van der Waals surface area contributed by atoms with Gasteiger partial charge in [0.2, 0.25) is 5.88 Å². The third-order valence-electron chi connectivity index (χ3n) is 10.1. The Morgan fingerprint density at radius 1 is 1.13 bits per heavy atom. The fourth-order valence-electron chi connectivity index (χ4n) is 8.00. The zero-order valence-corrected chi connectivity index (χ0v) is 24.8. The fraction of sp³-hybridized carbons (Fsp3) is 0.441. The molecule has 4 atom stereocenters. The van der Waals surface area contributed by atoms with Crippen molar-refractivity contribution < 1.29 is 27.8 Å². The van der Waals surface area contributed by atoms with Crippen LogP contribution in [0.1, 0.15) is 51.0 Å². The summed E-state index contributed by atoms with van der Waals surface area (Å²) in [7, 11) is 0. The summed E-state index contributed by atoms with van der Waals surface area (Å²) in [6, 6.07) is 5.38. The van der Waals surface area contributed by atoms with Gasteiger partial charge in [-0.3, -0.25) is 4.90 Å². The Balaban J connectivity index is 1.35. The number of nitrogens with zero attached hydrogens (tertiary/aromatic N) is 5. The molecule has 0 radical (unpaired) electrons. The van der Waals surface area contributed by atoms with Crippen LogP contribution in [0.25, 0.3) is 32.9 Å². The quantitative estimate of drug-likeness (QED) is 0.284. The lowest BCUT2D eigenvalue weighted by atomic mass is 9.95. The minimum atomic E-state index is -0.924. The number of alkyl halides is 1. The Morgan fingerprint density at radius 2 is 2.00 bits per heavy atom. The van der Waals surface area contributed by atoms with E-state index in [1.165, 1.54) is 24.3 Å². The number of halogens is 3. The van der Waals surface area contributed by atoms with E-state index in [-0.39, 0.29) is 64.1 Å². The van der Waals surface area contributed by atoms with Gasteiger partial charge >= 0.3 is 6.01 Å². The molecule has 1 N–H and O–H groups in total. The number of rotatable bonds is 4. The van der Waals surface area contributed by atoms with Crippen LogP contribution in [0, 0.1) is 24.0 Å². The highest BCUT2D eigenvalue weighted by Crippen LogP contribution is 2.46. The van der Waals surface area contributed by atoms with Crippen molar-refractivity contribution in [3.05, 3.63) is 41.5 Å². The normalized spacial score (nSPS) is 25.9. The van der Waals surface area contributed by atoms with Crippen molar-refractivity contribution in [2.75, 3.05) is 31.1 Å². The van der Waals surface area contributed by atoms with Crippen molar-refractivity contribution in [1.82, 2.24) is 19.9 Å². The van der Waals surface area contributed by atoms with Gasteiger partial charge in [0.15, 0.2) is 5.82 Å². The Morgan fingerprint density at radius 3 is 2.84 bits per heavy atom. The average Bonchev–Trinajstić information content (AvgIpc) is 3.52. The smallest absolute Gasteiger partial charge is 0.319 e. The minimum Gasteiger partial charge on any atom is -0.508 e. The van der Waals surface area contributed by atoms with Gasteiger partial charge in [0.05, 0.1) is 17.1 Å². The number of piperidine rings is 1. The summed E-state index contributed by atoms with van der Waals surface area (Å²) in [6.07, 6.45) is 9.39. The van der Waals surface area contributed by atoms with E-state index < -0.39 is 23.3 Å². The lowest BCUT2D eigenvalue weighted by molar-refractivity contribution is 0.107. The number of phenols is 1. The molecule has 0 unspecified atom stereocenters. The molecule has 4 aromatic rings. The molecule has 8 nitrogen and oxygen atoms in total. The number of benzene rings is 2. The van der Waals surface area contributed by atoms with Crippen LogP contribution in [-0.4, -0.2) is 75.1 Å². The molecule has 0 spiro atoms. The number of ether oxygens (including phenoxy) is 2. The average molecular weight is 616 g/mol. The van der Waals surface area contributed by atoms with Crippen LogP contribution in [0.15, 0.2) is 24.3 Å². The highest BCUT2D eigenvalue weighted by molar-refractivity contribution is 6.04. The summed E-state index contributed by atoms with van der Waals surface area (Å²) >= 11 is 0. The van der Waals surface area contributed by atoms with E-state index in [1.807, 2.05) is 6.92 Å². The van der Waals surface area contributed by atoms with E-state index in [2.05, 4.69) is 25.7 Å². The van der Waals surface area contributed by atoms with Crippen molar-refractivity contribution in [2.45, 2.75) is 69.3 Å². The standard InChI is InChI=1S/C34H32F3N5O3/c1-3-22-24(36)9-8-19-13-21(43)14-23(26(19)22)29-28(37)30-27-31(42-12-5-4-7-25(42)18(2)45-32(27)38-29)40-33(39-30)44-17-34-10-6-11-41(34)16-20(35)15-34/h1,8-9,13-14,18,20,25,43H,4-7,10-12,15-17H2,2H3/t18-,20+,25-,34-/m0/s1. The lowest BCUT2D eigenvalue weighted by Crippen LogP contribution is -2.47. The molecule has 0 aliphatic carbocycles. The molecule has 4 aliphatic heterocycles. The highest BCUT2D eigenvalue weighted by Gasteiger charge is 2.49. The van der Waals surface area contributed by atoms with Gasteiger partial charge in [0.25, 0.3) is 0 Å². The number of terminal acetylenes is 1. The van der Waals surface area contributed by atoms with Crippen LogP contribution >= 0.6 is 0 Å². The number of phenolic OH excluding ortho intramolecular Hbond substituents is 1. The van der Waals surface area contributed by atoms with Gasteiger partial charge in [-0.1, -0.05) is 12.0 Å². The molecule has 6 heterocycles.